The van der Waals surface area contributed by atoms with Crippen LogP contribution in [0.5, 0.6) is 0 Å². The third kappa shape index (κ3) is 2.10. The van der Waals surface area contributed by atoms with Crippen LogP contribution < -0.4 is 5.73 Å². The lowest BCUT2D eigenvalue weighted by atomic mass is 10.0. The first kappa shape index (κ1) is 9.61. The summed E-state index contributed by atoms with van der Waals surface area (Å²) in [5, 5.41) is 7.94. The van der Waals surface area contributed by atoms with Crippen LogP contribution in [0.1, 0.15) is 30.5 Å². The van der Waals surface area contributed by atoms with Crippen LogP contribution in [-0.2, 0) is 11.2 Å². The molecule has 1 fully saturated rings. The molecule has 0 aliphatic carbocycles. The van der Waals surface area contributed by atoms with Crippen LogP contribution in [0.2, 0.25) is 0 Å². The van der Waals surface area contributed by atoms with Crippen molar-refractivity contribution in [2.24, 2.45) is 5.73 Å². The minimum absolute atomic E-state index is 0.280. The molecule has 1 aliphatic rings. The lowest BCUT2D eigenvalue weighted by Gasteiger charge is -2.18. The van der Waals surface area contributed by atoms with E-state index in [4.69, 9.17) is 14.9 Å². The van der Waals surface area contributed by atoms with E-state index in [9.17, 15) is 0 Å². The average molecular weight is 197 g/mol. The molecule has 1 atom stereocenters. The summed E-state index contributed by atoms with van der Waals surface area (Å²) >= 11 is 0. The van der Waals surface area contributed by atoms with E-state index in [0.29, 0.717) is 31.4 Å². The maximum atomic E-state index is 5.48. The van der Waals surface area contributed by atoms with Gasteiger partial charge in [-0.3, -0.25) is 0 Å². The molecule has 1 aliphatic heterocycles. The van der Waals surface area contributed by atoms with Crippen molar-refractivity contribution in [3.05, 3.63) is 11.8 Å². The largest absolute Gasteiger partial charge is 0.425 e. The fourth-order valence-electron chi connectivity index (χ4n) is 1.59. The molecule has 1 saturated heterocycles. The Labute approximate surface area is 82.6 Å². The van der Waals surface area contributed by atoms with Gasteiger partial charge in [0.1, 0.15) is 0 Å². The van der Waals surface area contributed by atoms with Gasteiger partial charge in [0.15, 0.2) is 0 Å². The van der Waals surface area contributed by atoms with Gasteiger partial charge < -0.3 is 14.9 Å². The van der Waals surface area contributed by atoms with E-state index in [-0.39, 0.29) is 5.92 Å². The molecule has 0 spiro atoms. The summed E-state index contributed by atoms with van der Waals surface area (Å²) in [4.78, 5) is 0. The van der Waals surface area contributed by atoms with E-state index in [0.717, 1.165) is 19.4 Å². The standard InChI is InChI=1S/C9H15N3O2/c10-4-3-8-11-12-9(14-8)7-2-1-5-13-6-7/h7H,1-6,10H2. The molecule has 0 saturated carbocycles. The number of nitrogens with two attached hydrogens (primary N) is 1. The average Bonchev–Trinajstić information content (AvgIpc) is 2.68. The predicted octanol–water partition coefficient (Wildman–Crippen LogP) is 0.465. The highest BCUT2D eigenvalue weighted by Crippen LogP contribution is 2.23. The zero-order valence-corrected chi connectivity index (χ0v) is 8.11. The molecule has 2 rings (SSSR count). The maximum absolute atomic E-state index is 5.48. The first-order chi connectivity index (χ1) is 6.90. The van der Waals surface area contributed by atoms with Crippen LogP contribution in [0.3, 0.4) is 0 Å². The number of hydrogen-bond acceptors (Lipinski definition) is 5. The normalized spacial score (nSPS) is 22.5. The van der Waals surface area contributed by atoms with Gasteiger partial charge in [-0.2, -0.15) is 0 Å². The van der Waals surface area contributed by atoms with Gasteiger partial charge in [-0.25, -0.2) is 0 Å². The highest BCUT2D eigenvalue weighted by atomic mass is 16.5. The Bertz CT molecular complexity index is 281. The molecule has 78 valence electrons. The third-order valence-electron chi connectivity index (χ3n) is 2.35. The van der Waals surface area contributed by atoms with Gasteiger partial charge in [-0.15, -0.1) is 10.2 Å². The molecule has 1 aromatic heterocycles. The Balaban J connectivity index is 2.00. The quantitative estimate of drug-likeness (QED) is 0.762. The zero-order chi connectivity index (χ0) is 9.80. The van der Waals surface area contributed by atoms with E-state index in [1.807, 2.05) is 0 Å². The molecular formula is C9H15N3O2. The highest BCUT2D eigenvalue weighted by molar-refractivity contribution is 4.93. The number of nitrogens with zero attached hydrogens (tertiary/aromatic N) is 2. The van der Waals surface area contributed by atoms with Crippen LogP contribution >= 0.6 is 0 Å². The highest BCUT2D eigenvalue weighted by Gasteiger charge is 2.21. The van der Waals surface area contributed by atoms with E-state index in [1.165, 1.54) is 0 Å². The Morgan fingerprint density at radius 2 is 2.36 bits per heavy atom. The van der Waals surface area contributed by atoms with E-state index in [1.54, 1.807) is 0 Å². The molecule has 14 heavy (non-hydrogen) atoms. The molecule has 1 unspecified atom stereocenters. The van der Waals surface area contributed by atoms with Crippen molar-refractivity contribution in [1.82, 2.24) is 10.2 Å². The molecular weight excluding hydrogens is 182 g/mol. The summed E-state index contributed by atoms with van der Waals surface area (Å²) in [7, 11) is 0. The van der Waals surface area contributed by atoms with Crippen molar-refractivity contribution in [1.29, 1.82) is 0 Å². The maximum Gasteiger partial charge on any atom is 0.221 e. The van der Waals surface area contributed by atoms with Gasteiger partial charge in [0.2, 0.25) is 11.8 Å². The van der Waals surface area contributed by atoms with Gasteiger partial charge in [0.05, 0.1) is 12.5 Å². The second-order valence-corrected chi connectivity index (χ2v) is 3.49. The molecule has 1 aromatic rings. The van der Waals surface area contributed by atoms with Gasteiger partial charge in [0.25, 0.3) is 0 Å². The molecule has 0 radical (unpaired) electrons. The van der Waals surface area contributed by atoms with E-state index < -0.39 is 0 Å². The number of rotatable bonds is 3. The van der Waals surface area contributed by atoms with Crippen LogP contribution in [0.15, 0.2) is 4.42 Å². The molecule has 0 amide bonds. The fourth-order valence-corrected chi connectivity index (χ4v) is 1.59. The van der Waals surface area contributed by atoms with Crippen LogP contribution in [0.4, 0.5) is 0 Å². The van der Waals surface area contributed by atoms with Crippen molar-refractivity contribution in [2.45, 2.75) is 25.2 Å². The summed E-state index contributed by atoms with van der Waals surface area (Å²) in [6, 6.07) is 0. The summed E-state index contributed by atoms with van der Waals surface area (Å²) in [6.45, 7) is 2.09. The number of aromatic nitrogens is 2. The summed E-state index contributed by atoms with van der Waals surface area (Å²) in [5.74, 6) is 1.61. The van der Waals surface area contributed by atoms with Gasteiger partial charge in [-0.1, -0.05) is 0 Å². The van der Waals surface area contributed by atoms with Gasteiger partial charge >= 0.3 is 0 Å². The molecule has 2 N–H and O–H groups in total. The topological polar surface area (TPSA) is 74.2 Å². The van der Waals surface area contributed by atoms with Crippen LogP contribution in [0.25, 0.3) is 0 Å². The second-order valence-electron chi connectivity index (χ2n) is 3.49. The Kier molecular flexibility index (Phi) is 3.10. The second kappa shape index (κ2) is 4.52. The Hall–Kier alpha value is -0.940. The smallest absolute Gasteiger partial charge is 0.221 e. The first-order valence-electron chi connectivity index (χ1n) is 5.00. The van der Waals surface area contributed by atoms with Crippen molar-refractivity contribution in [3.8, 4) is 0 Å². The lowest BCUT2D eigenvalue weighted by molar-refractivity contribution is 0.0722. The molecule has 5 nitrogen and oxygen atoms in total. The zero-order valence-electron chi connectivity index (χ0n) is 8.11. The van der Waals surface area contributed by atoms with Crippen LogP contribution in [-0.4, -0.2) is 30.0 Å². The molecule has 0 aromatic carbocycles. The van der Waals surface area contributed by atoms with Crippen molar-refractivity contribution < 1.29 is 9.15 Å². The minimum Gasteiger partial charge on any atom is -0.425 e. The lowest BCUT2D eigenvalue weighted by Crippen LogP contribution is -2.15. The molecule has 0 bridgehead atoms. The van der Waals surface area contributed by atoms with Gasteiger partial charge in [0, 0.05) is 19.6 Å². The fraction of sp³-hybridized carbons (Fsp3) is 0.778. The third-order valence-corrected chi connectivity index (χ3v) is 2.35. The summed E-state index contributed by atoms with van der Waals surface area (Å²) in [5.41, 5.74) is 5.40. The molecule has 2 heterocycles. The minimum atomic E-state index is 0.280. The van der Waals surface area contributed by atoms with Crippen molar-refractivity contribution >= 4 is 0 Å². The van der Waals surface area contributed by atoms with Crippen LogP contribution in [0, 0.1) is 0 Å². The van der Waals surface area contributed by atoms with E-state index >= 15 is 0 Å². The SMILES string of the molecule is NCCc1nnc(C2CCCOC2)o1. The summed E-state index contributed by atoms with van der Waals surface area (Å²) < 4.78 is 10.8. The number of hydrogen-bond donors (Lipinski definition) is 1. The predicted molar refractivity (Wildman–Crippen MR) is 49.9 cm³/mol. The Morgan fingerprint density at radius 3 is 3.07 bits per heavy atom. The van der Waals surface area contributed by atoms with Crippen molar-refractivity contribution in [3.63, 3.8) is 0 Å². The Morgan fingerprint density at radius 1 is 1.43 bits per heavy atom. The van der Waals surface area contributed by atoms with E-state index in [2.05, 4.69) is 10.2 Å². The first-order valence-corrected chi connectivity index (χ1v) is 5.00. The monoisotopic (exact) mass is 197 g/mol. The molecule has 5 heteroatoms. The summed E-state index contributed by atoms with van der Waals surface area (Å²) in [6.07, 6.45) is 2.80. The number of ether oxygens (including phenoxy) is 1. The van der Waals surface area contributed by atoms with Crippen molar-refractivity contribution in [2.75, 3.05) is 19.8 Å². The van der Waals surface area contributed by atoms with Gasteiger partial charge in [-0.05, 0) is 12.8 Å².